The number of benzene rings is 2. The van der Waals surface area contributed by atoms with Crippen molar-refractivity contribution in [3.63, 3.8) is 0 Å². The third-order valence-corrected chi connectivity index (χ3v) is 7.49. The number of pyridine rings is 1. The van der Waals surface area contributed by atoms with Gasteiger partial charge < -0.3 is 10.3 Å². The van der Waals surface area contributed by atoms with Crippen LogP contribution in [-0.4, -0.2) is 42.5 Å². The molecule has 166 valence electrons. The third kappa shape index (κ3) is 4.49. The Morgan fingerprint density at radius 1 is 1.09 bits per heavy atom. The number of carbonyl (C=O) groups excluding carboxylic acids is 2. The van der Waals surface area contributed by atoms with Crippen LogP contribution in [0, 0.1) is 5.92 Å². The number of nitrogens with one attached hydrogen (secondary N) is 2. The minimum absolute atomic E-state index is 0.0736. The number of amides is 1. The Kier molecular flexibility index (Phi) is 5.94. The van der Waals surface area contributed by atoms with Gasteiger partial charge in [-0.2, -0.15) is 4.31 Å². The van der Waals surface area contributed by atoms with E-state index in [0.29, 0.717) is 41.5 Å². The molecule has 0 spiro atoms. The van der Waals surface area contributed by atoms with E-state index in [1.807, 2.05) is 0 Å². The third-order valence-electron chi connectivity index (χ3n) is 5.62. The van der Waals surface area contributed by atoms with Crippen LogP contribution >= 0.6 is 0 Å². The molecule has 4 rings (SSSR count). The summed E-state index contributed by atoms with van der Waals surface area (Å²) in [4.78, 5) is 38.6. The van der Waals surface area contributed by atoms with E-state index in [-0.39, 0.29) is 28.7 Å². The van der Waals surface area contributed by atoms with Crippen molar-refractivity contribution in [1.29, 1.82) is 0 Å². The number of Topliss-reactive ketones (excluding diaryl/α,β-unsaturated/α-hetero) is 1. The first-order chi connectivity index (χ1) is 15.2. The summed E-state index contributed by atoms with van der Waals surface area (Å²) in [5.74, 6) is -0.881. The van der Waals surface area contributed by atoms with Gasteiger partial charge in [0.15, 0.2) is 5.78 Å². The van der Waals surface area contributed by atoms with Crippen molar-refractivity contribution in [2.45, 2.75) is 24.7 Å². The van der Waals surface area contributed by atoms with E-state index in [1.165, 1.54) is 29.4 Å². The highest BCUT2D eigenvalue weighted by Gasteiger charge is 2.33. The zero-order valence-electron chi connectivity index (χ0n) is 17.5. The molecule has 0 unspecified atom stereocenters. The number of fused-ring (bicyclic) bond motifs is 1. The Bertz CT molecular complexity index is 1360. The SMILES string of the molecule is CC(=O)c1cccc(NC(=O)[C@H]2CCCN(S(=O)(=O)c3ccc4[nH]c(=O)ccc4c3)C2)c1. The second-order valence-electron chi connectivity index (χ2n) is 7.90. The maximum absolute atomic E-state index is 13.2. The lowest BCUT2D eigenvalue weighted by Crippen LogP contribution is -2.43. The number of nitrogens with zero attached hydrogens (tertiary/aromatic N) is 1. The topological polar surface area (TPSA) is 116 Å². The number of rotatable bonds is 5. The van der Waals surface area contributed by atoms with Crippen LogP contribution in [0.1, 0.15) is 30.1 Å². The largest absolute Gasteiger partial charge is 0.326 e. The molecule has 0 radical (unpaired) electrons. The minimum atomic E-state index is -3.80. The summed E-state index contributed by atoms with van der Waals surface area (Å²) in [5.41, 5.74) is 1.30. The van der Waals surface area contributed by atoms with Crippen LogP contribution in [0.15, 0.2) is 64.3 Å². The number of piperidine rings is 1. The Balaban J connectivity index is 1.52. The van der Waals surface area contributed by atoms with Gasteiger partial charge in [0.25, 0.3) is 0 Å². The molecular formula is C23H23N3O5S. The summed E-state index contributed by atoms with van der Waals surface area (Å²) in [6.45, 7) is 1.86. The lowest BCUT2D eigenvalue weighted by Gasteiger charge is -2.31. The van der Waals surface area contributed by atoms with Gasteiger partial charge in [-0.1, -0.05) is 12.1 Å². The molecule has 0 saturated carbocycles. The molecular weight excluding hydrogens is 430 g/mol. The second kappa shape index (κ2) is 8.68. The maximum Gasteiger partial charge on any atom is 0.248 e. The quantitative estimate of drug-likeness (QED) is 0.576. The van der Waals surface area contributed by atoms with Gasteiger partial charge in [0, 0.05) is 35.9 Å². The van der Waals surface area contributed by atoms with Crippen LogP contribution < -0.4 is 10.9 Å². The van der Waals surface area contributed by atoms with Gasteiger partial charge in [0.05, 0.1) is 10.8 Å². The molecule has 1 amide bonds. The maximum atomic E-state index is 13.2. The predicted octanol–water partition coefficient (Wildman–Crippen LogP) is 2.77. The van der Waals surface area contributed by atoms with Crippen molar-refractivity contribution < 1.29 is 18.0 Å². The summed E-state index contributed by atoms with van der Waals surface area (Å²) < 4.78 is 27.8. The van der Waals surface area contributed by atoms with Crippen molar-refractivity contribution in [2.24, 2.45) is 5.92 Å². The molecule has 1 aliphatic rings. The van der Waals surface area contributed by atoms with Gasteiger partial charge in [0.2, 0.25) is 21.5 Å². The van der Waals surface area contributed by atoms with Crippen LogP contribution in [0.3, 0.4) is 0 Å². The molecule has 1 aliphatic heterocycles. The molecule has 1 aromatic heterocycles. The molecule has 2 aromatic carbocycles. The lowest BCUT2D eigenvalue weighted by atomic mass is 9.98. The lowest BCUT2D eigenvalue weighted by molar-refractivity contribution is -0.120. The van der Waals surface area contributed by atoms with Gasteiger partial charge in [-0.15, -0.1) is 0 Å². The average Bonchev–Trinajstić information content (AvgIpc) is 2.79. The van der Waals surface area contributed by atoms with Crippen LogP contribution in [-0.2, 0) is 14.8 Å². The summed E-state index contributed by atoms with van der Waals surface area (Å²) in [6.07, 6.45) is 1.13. The Morgan fingerprint density at radius 2 is 1.91 bits per heavy atom. The molecule has 0 aliphatic carbocycles. The van der Waals surface area contributed by atoms with Crippen LogP contribution in [0.5, 0.6) is 0 Å². The number of hydrogen-bond acceptors (Lipinski definition) is 5. The highest BCUT2D eigenvalue weighted by molar-refractivity contribution is 7.89. The molecule has 2 N–H and O–H groups in total. The van der Waals surface area contributed by atoms with E-state index >= 15 is 0 Å². The standard InChI is InChI=1S/C23H23N3O5S/c1-15(27)16-4-2-6-19(12-16)24-23(29)18-5-3-11-26(14-18)32(30,31)20-8-9-21-17(13-20)7-10-22(28)25-21/h2,4,6-10,12-13,18H,3,5,11,14H2,1H3,(H,24,29)(H,25,28)/t18-/m0/s1. The molecule has 9 heteroatoms. The normalized spacial score (nSPS) is 17.2. The van der Waals surface area contributed by atoms with Crippen molar-refractivity contribution >= 4 is 38.3 Å². The molecule has 8 nitrogen and oxygen atoms in total. The van der Waals surface area contributed by atoms with Gasteiger partial charge in [0.1, 0.15) is 0 Å². The number of anilines is 1. The van der Waals surface area contributed by atoms with E-state index in [2.05, 4.69) is 10.3 Å². The van der Waals surface area contributed by atoms with Crippen molar-refractivity contribution in [1.82, 2.24) is 9.29 Å². The average molecular weight is 454 g/mol. The summed E-state index contributed by atoms with van der Waals surface area (Å²) in [5, 5.41) is 3.42. The fourth-order valence-corrected chi connectivity index (χ4v) is 5.44. The minimum Gasteiger partial charge on any atom is -0.326 e. The van der Waals surface area contributed by atoms with Crippen LogP contribution in [0.4, 0.5) is 5.69 Å². The number of sulfonamides is 1. The van der Waals surface area contributed by atoms with Gasteiger partial charge in [-0.3, -0.25) is 14.4 Å². The molecule has 0 bridgehead atoms. The van der Waals surface area contributed by atoms with E-state index < -0.39 is 15.9 Å². The van der Waals surface area contributed by atoms with E-state index in [1.54, 1.807) is 36.4 Å². The van der Waals surface area contributed by atoms with E-state index in [9.17, 15) is 22.8 Å². The smallest absolute Gasteiger partial charge is 0.248 e. The predicted molar refractivity (Wildman–Crippen MR) is 121 cm³/mol. The number of H-pyrrole nitrogens is 1. The highest BCUT2D eigenvalue weighted by atomic mass is 32.2. The Morgan fingerprint density at radius 3 is 2.69 bits per heavy atom. The first-order valence-corrected chi connectivity index (χ1v) is 11.7. The summed E-state index contributed by atoms with van der Waals surface area (Å²) in [7, 11) is -3.80. The number of aromatic nitrogens is 1. The van der Waals surface area contributed by atoms with Gasteiger partial charge in [-0.25, -0.2) is 8.42 Å². The number of carbonyl (C=O) groups is 2. The molecule has 3 aromatic rings. The number of aromatic amines is 1. The first kappa shape index (κ1) is 21.9. The molecule has 1 saturated heterocycles. The Labute approximate surface area is 185 Å². The van der Waals surface area contributed by atoms with Crippen LogP contribution in [0.25, 0.3) is 10.9 Å². The van der Waals surface area contributed by atoms with Crippen molar-refractivity contribution in [3.8, 4) is 0 Å². The highest BCUT2D eigenvalue weighted by Crippen LogP contribution is 2.26. The zero-order chi connectivity index (χ0) is 22.9. The first-order valence-electron chi connectivity index (χ1n) is 10.3. The molecule has 32 heavy (non-hydrogen) atoms. The second-order valence-corrected chi connectivity index (χ2v) is 9.84. The van der Waals surface area contributed by atoms with Crippen LogP contribution in [0.2, 0.25) is 0 Å². The monoisotopic (exact) mass is 453 g/mol. The number of hydrogen-bond donors (Lipinski definition) is 2. The Hall–Kier alpha value is -3.30. The molecule has 1 fully saturated rings. The van der Waals surface area contributed by atoms with Gasteiger partial charge in [-0.05, 0) is 61.5 Å². The fourth-order valence-electron chi connectivity index (χ4n) is 3.88. The molecule has 2 heterocycles. The molecule has 1 atom stereocenters. The van der Waals surface area contributed by atoms with Crippen molar-refractivity contribution in [3.05, 3.63) is 70.5 Å². The number of ketones is 1. The fraction of sp³-hybridized carbons (Fsp3) is 0.261. The summed E-state index contributed by atoms with van der Waals surface area (Å²) >= 11 is 0. The van der Waals surface area contributed by atoms with Gasteiger partial charge >= 0.3 is 0 Å². The van der Waals surface area contributed by atoms with Crippen molar-refractivity contribution in [2.75, 3.05) is 18.4 Å². The zero-order valence-corrected chi connectivity index (χ0v) is 18.3. The van der Waals surface area contributed by atoms with E-state index in [0.717, 1.165) is 0 Å². The summed E-state index contributed by atoms with van der Waals surface area (Å²) in [6, 6.07) is 14.2. The van der Waals surface area contributed by atoms with E-state index in [4.69, 9.17) is 0 Å².